The summed E-state index contributed by atoms with van der Waals surface area (Å²) in [5, 5.41) is 22.6. The summed E-state index contributed by atoms with van der Waals surface area (Å²) in [5.74, 6) is 0.443. The number of benzene rings is 1. The number of carboxylic acids is 1. The molecular weight excluding hydrogens is 268 g/mol. The topological polar surface area (TPSA) is 92.5 Å². The molecule has 0 fully saturated rings. The van der Waals surface area contributed by atoms with Crippen LogP contribution in [-0.4, -0.2) is 34.0 Å². The van der Waals surface area contributed by atoms with Crippen LogP contribution < -0.4 is 5.32 Å². The summed E-state index contributed by atoms with van der Waals surface area (Å²) in [6, 6.07) is 3.69. The molecule has 7 heteroatoms. The highest BCUT2D eigenvalue weighted by Crippen LogP contribution is 2.25. The van der Waals surface area contributed by atoms with E-state index in [4.69, 9.17) is 5.11 Å². The van der Waals surface area contributed by atoms with Crippen molar-refractivity contribution in [2.45, 2.75) is 0 Å². The average Bonchev–Trinajstić information content (AvgIpc) is 2.38. The predicted octanol–water partition coefficient (Wildman–Crippen LogP) is 2.62. The fourth-order valence-corrected chi connectivity index (χ4v) is 1.97. The quantitative estimate of drug-likeness (QED) is 0.329. The maximum atomic E-state index is 10.8. The molecule has 0 aliphatic carbocycles. The molecule has 6 nitrogen and oxygen atoms in total. The first-order chi connectivity index (χ1) is 9.06. The van der Waals surface area contributed by atoms with Crippen LogP contribution in [0, 0.1) is 10.1 Å². The molecule has 0 heterocycles. The van der Waals surface area contributed by atoms with Crippen LogP contribution in [0.1, 0.15) is 10.4 Å². The summed E-state index contributed by atoms with van der Waals surface area (Å²) in [6.07, 6.45) is 1.78. The van der Waals surface area contributed by atoms with Crippen LogP contribution in [0.25, 0.3) is 0 Å². The predicted molar refractivity (Wildman–Crippen MR) is 76.1 cm³/mol. The molecule has 1 aromatic rings. The third kappa shape index (κ3) is 4.63. The van der Waals surface area contributed by atoms with Crippen molar-refractivity contribution in [2.24, 2.45) is 0 Å². The number of nitro benzene ring substituents is 1. The summed E-state index contributed by atoms with van der Waals surface area (Å²) in [5.41, 5.74) is 0.120. The number of aromatic carboxylic acids is 1. The Morgan fingerprint density at radius 1 is 1.58 bits per heavy atom. The number of anilines is 1. The van der Waals surface area contributed by atoms with Crippen molar-refractivity contribution in [3.63, 3.8) is 0 Å². The molecule has 102 valence electrons. The summed E-state index contributed by atoms with van der Waals surface area (Å²) in [4.78, 5) is 21.1. The maximum absolute atomic E-state index is 10.8. The molecule has 0 bridgehead atoms. The van der Waals surface area contributed by atoms with E-state index in [-0.39, 0.29) is 16.9 Å². The molecule has 0 atom stereocenters. The van der Waals surface area contributed by atoms with Gasteiger partial charge in [-0.05, 0) is 12.1 Å². The Bertz CT molecular complexity index is 491. The summed E-state index contributed by atoms with van der Waals surface area (Å²) in [7, 11) is 0. The van der Waals surface area contributed by atoms with Crippen molar-refractivity contribution in [2.75, 3.05) is 23.4 Å². The van der Waals surface area contributed by atoms with Crippen LogP contribution in [0.2, 0.25) is 0 Å². The van der Waals surface area contributed by atoms with Crippen LogP contribution in [0.5, 0.6) is 0 Å². The molecule has 2 N–H and O–H groups in total. The van der Waals surface area contributed by atoms with Crippen LogP contribution >= 0.6 is 11.8 Å². The summed E-state index contributed by atoms with van der Waals surface area (Å²) >= 11 is 1.63. The minimum absolute atomic E-state index is 0.0202. The van der Waals surface area contributed by atoms with Gasteiger partial charge in [-0.2, -0.15) is 11.8 Å². The second-order valence-electron chi connectivity index (χ2n) is 3.58. The van der Waals surface area contributed by atoms with E-state index in [1.165, 1.54) is 18.2 Å². The van der Waals surface area contributed by atoms with Crippen molar-refractivity contribution >= 4 is 29.1 Å². The number of nitrogens with zero attached hydrogens (tertiary/aromatic N) is 1. The molecule has 0 unspecified atom stereocenters. The molecule has 0 saturated heterocycles. The number of hydrogen-bond acceptors (Lipinski definition) is 5. The molecule has 0 aliphatic heterocycles. The van der Waals surface area contributed by atoms with E-state index >= 15 is 0 Å². The van der Waals surface area contributed by atoms with E-state index in [1.807, 2.05) is 0 Å². The smallest absolute Gasteiger partial charge is 0.335 e. The number of carbonyl (C=O) groups is 1. The Morgan fingerprint density at radius 3 is 2.89 bits per heavy atom. The fourth-order valence-electron chi connectivity index (χ4n) is 1.39. The Morgan fingerprint density at radius 2 is 2.32 bits per heavy atom. The highest BCUT2D eigenvalue weighted by atomic mass is 32.2. The van der Waals surface area contributed by atoms with Gasteiger partial charge in [-0.3, -0.25) is 10.1 Å². The standard InChI is InChI=1S/C12H14N2O4S/c1-2-6-19-7-5-13-10-8-9(12(15)16)3-4-11(10)14(17)18/h2-4,8,13H,1,5-7H2,(H,15,16). The van der Waals surface area contributed by atoms with Gasteiger partial charge in [0.25, 0.3) is 5.69 Å². The molecule has 1 rings (SSSR count). The minimum Gasteiger partial charge on any atom is -0.478 e. The lowest BCUT2D eigenvalue weighted by atomic mass is 10.1. The van der Waals surface area contributed by atoms with E-state index in [0.717, 1.165) is 11.5 Å². The Hall–Kier alpha value is -2.02. The lowest BCUT2D eigenvalue weighted by molar-refractivity contribution is -0.384. The van der Waals surface area contributed by atoms with E-state index < -0.39 is 10.9 Å². The van der Waals surface area contributed by atoms with Gasteiger partial charge in [0.2, 0.25) is 0 Å². The van der Waals surface area contributed by atoms with Gasteiger partial charge in [0, 0.05) is 24.1 Å². The molecule has 0 amide bonds. The first-order valence-electron chi connectivity index (χ1n) is 5.50. The van der Waals surface area contributed by atoms with Crippen LogP contribution in [0.15, 0.2) is 30.9 Å². The molecule has 0 radical (unpaired) electrons. The van der Waals surface area contributed by atoms with Crippen LogP contribution in [0.4, 0.5) is 11.4 Å². The number of carboxylic acid groups (broad SMARTS) is 1. The fraction of sp³-hybridized carbons (Fsp3) is 0.250. The van der Waals surface area contributed by atoms with Gasteiger partial charge in [0.1, 0.15) is 5.69 Å². The lowest BCUT2D eigenvalue weighted by Gasteiger charge is -2.07. The van der Waals surface area contributed by atoms with Crippen molar-refractivity contribution in [1.82, 2.24) is 0 Å². The Labute approximate surface area is 114 Å². The molecule has 0 aromatic heterocycles. The van der Waals surface area contributed by atoms with Gasteiger partial charge >= 0.3 is 5.97 Å². The number of thioether (sulfide) groups is 1. The zero-order valence-electron chi connectivity index (χ0n) is 10.2. The van der Waals surface area contributed by atoms with Gasteiger partial charge in [-0.15, -0.1) is 6.58 Å². The van der Waals surface area contributed by atoms with E-state index in [9.17, 15) is 14.9 Å². The highest BCUT2D eigenvalue weighted by molar-refractivity contribution is 7.99. The molecular formula is C12H14N2O4S. The van der Waals surface area contributed by atoms with Gasteiger partial charge in [-0.25, -0.2) is 4.79 Å². The first kappa shape index (κ1) is 15.0. The van der Waals surface area contributed by atoms with Crippen molar-refractivity contribution in [3.8, 4) is 0 Å². The minimum atomic E-state index is -1.11. The molecule has 19 heavy (non-hydrogen) atoms. The maximum Gasteiger partial charge on any atom is 0.335 e. The SMILES string of the molecule is C=CCSCCNc1cc(C(=O)O)ccc1[N+](=O)[O-]. The van der Waals surface area contributed by atoms with Gasteiger partial charge in [0.05, 0.1) is 10.5 Å². The van der Waals surface area contributed by atoms with Crippen molar-refractivity contribution in [1.29, 1.82) is 0 Å². The third-order valence-corrected chi connectivity index (χ3v) is 3.20. The Kier molecular flexibility index (Phi) is 5.87. The molecule has 0 aliphatic rings. The average molecular weight is 282 g/mol. The van der Waals surface area contributed by atoms with E-state index in [2.05, 4.69) is 11.9 Å². The van der Waals surface area contributed by atoms with E-state index in [1.54, 1.807) is 17.8 Å². The summed E-state index contributed by atoms with van der Waals surface area (Å²) in [6.45, 7) is 4.11. The first-order valence-corrected chi connectivity index (χ1v) is 6.66. The zero-order chi connectivity index (χ0) is 14.3. The van der Waals surface area contributed by atoms with Crippen molar-refractivity contribution < 1.29 is 14.8 Å². The number of rotatable bonds is 8. The molecule has 1 aromatic carbocycles. The summed E-state index contributed by atoms with van der Waals surface area (Å²) < 4.78 is 0. The van der Waals surface area contributed by atoms with Crippen LogP contribution in [0.3, 0.4) is 0 Å². The van der Waals surface area contributed by atoms with E-state index in [0.29, 0.717) is 6.54 Å². The Balaban J connectivity index is 2.77. The molecule has 0 saturated carbocycles. The third-order valence-electron chi connectivity index (χ3n) is 2.24. The highest BCUT2D eigenvalue weighted by Gasteiger charge is 2.15. The number of nitrogens with one attached hydrogen (secondary N) is 1. The largest absolute Gasteiger partial charge is 0.478 e. The van der Waals surface area contributed by atoms with Gasteiger partial charge in [0.15, 0.2) is 0 Å². The monoisotopic (exact) mass is 282 g/mol. The van der Waals surface area contributed by atoms with Crippen molar-refractivity contribution in [3.05, 3.63) is 46.5 Å². The normalized spacial score (nSPS) is 9.89. The van der Waals surface area contributed by atoms with Crippen LogP contribution in [-0.2, 0) is 0 Å². The number of hydrogen-bond donors (Lipinski definition) is 2. The van der Waals surface area contributed by atoms with Gasteiger partial charge in [-0.1, -0.05) is 6.08 Å². The molecule has 0 spiro atoms. The second kappa shape index (κ2) is 7.42. The zero-order valence-corrected chi connectivity index (χ0v) is 11.0. The number of nitro groups is 1. The second-order valence-corrected chi connectivity index (χ2v) is 4.73. The van der Waals surface area contributed by atoms with Gasteiger partial charge < -0.3 is 10.4 Å². The lowest BCUT2D eigenvalue weighted by Crippen LogP contribution is -2.08.